The van der Waals surface area contributed by atoms with Crippen LogP contribution in [0.4, 0.5) is 0 Å². The summed E-state index contributed by atoms with van der Waals surface area (Å²) in [6.07, 6.45) is 2.61. The Balaban J connectivity index is 2.04. The van der Waals surface area contributed by atoms with Crippen LogP contribution in [0.1, 0.15) is 33.1 Å². The zero-order chi connectivity index (χ0) is 19.3. The molecule has 0 spiro atoms. The van der Waals surface area contributed by atoms with Gasteiger partial charge in [0.1, 0.15) is 4.90 Å². The van der Waals surface area contributed by atoms with E-state index in [1.54, 1.807) is 12.1 Å². The predicted octanol–water partition coefficient (Wildman–Crippen LogP) is 1.61. The fourth-order valence-electron chi connectivity index (χ4n) is 3.50. The molecule has 148 valence electrons. The van der Waals surface area contributed by atoms with Crippen molar-refractivity contribution in [1.29, 1.82) is 0 Å². The van der Waals surface area contributed by atoms with Crippen LogP contribution in [0.15, 0.2) is 23.1 Å². The molecule has 0 aliphatic carbocycles. The molecule has 2 rings (SSSR count). The summed E-state index contributed by atoms with van der Waals surface area (Å²) in [7, 11) is -0.988. The first kappa shape index (κ1) is 21.0. The summed E-state index contributed by atoms with van der Waals surface area (Å²) in [5.74, 6) is 0.488. The zero-order valence-corrected chi connectivity index (χ0v) is 16.8. The van der Waals surface area contributed by atoms with Gasteiger partial charge in [-0.15, -0.1) is 0 Å². The van der Waals surface area contributed by atoms with Crippen LogP contribution < -0.4 is 14.2 Å². The molecule has 7 nitrogen and oxygen atoms in total. The SMILES string of the molecule is COc1cccc(S(=O)(=O)NC[C@H](O)CN2[C@H](C)CCC[C@@H]2C)c1OC. The van der Waals surface area contributed by atoms with Crippen molar-refractivity contribution in [1.82, 2.24) is 9.62 Å². The smallest absolute Gasteiger partial charge is 0.244 e. The Hall–Kier alpha value is -1.35. The molecule has 1 fully saturated rings. The van der Waals surface area contributed by atoms with E-state index in [4.69, 9.17) is 9.47 Å². The highest BCUT2D eigenvalue weighted by atomic mass is 32.2. The highest BCUT2D eigenvalue weighted by Crippen LogP contribution is 2.33. The summed E-state index contributed by atoms with van der Waals surface area (Å²) in [6, 6.07) is 5.45. The second-order valence-electron chi connectivity index (χ2n) is 6.82. The van der Waals surface area contributed by atoms with Gasteiger partial charge in [0.25, 0.3) is 0 Å². The normalized spacial score (nSPS) is 22.8. The number of ether oxygens (including phenoxy) is 2. The number of hydrogen-bond acceptors (Lipinski definition) is 6. The van der Waals surface area contributed by atoms with E-state index in [0.29, 0.717) is 24.4 Å². The molecule has 0 saturated carbocycles. The third-order valence-corrected chi connectivity index (χ3v) is 6.41. The van der Waals surface area contributed by atoms with Gasteiger partial charge < -0.3 is 14.6 Å². The van der Waals surface area contributed by atoms with Gasteiger partial charge >= 0.3 is 0 Å². The maximum absolute atomic E-state index is 12.6. The number of β-amino-alcohol motifs (C(OH)–C–C–N with tert-alkyl or cyclic N) is 1. The quantitative estimate of drug-likeness (QED) is 0.706. The van der Waals surface area contributed by atoms with E-state index in [2.05, 4.69) is 23.5 Å². The van der Waals surface area contributed by atoms with E-state index in [9.17, 15) is 13.5 Å². The van der Waals surface area contributed by atoms with Crippen molar-refractivity contribution in [3.63, 3.8) is 0 Å². The van der Waals surface area contributed by atoms with Crippen molar-refractivity contribution in [2.24, 2.45) is 0 Å². The number of nitrogens with one attached hydrogen (secondary N) is 1. The van der Waals surface area contributed by atoms with Crippen molar-refractivity contribution in [3.8, 4) is 11.5 Å². The molecule has 8 heteroatoms. The van der Waals surface area contributed by atoms with Crippen LogP contribution in [0.2, 0.25) is 0 Å². The van der Waals surface area contributed by atoms with Crippen molar-refractivity contribution in [2.45, 2.75) is 56.2 Å². The first-order valence-corrected chi connectivity index (χ1v) is 10.4. The van der Waals surface area contributed by atoms with Crippen LogP contribution in [0.3, 0.4) is 0 Å². The summed E-state index contributed by atoms with van der Waals surface area (Å²) in [5.41, 5.74) is 0. The molecule has 3 atom stereocenters. The number of aliphatic hydroxyl groups excluding tert-OH is 1. The van der Waals surface area contributed by atoms with E-state index in [-0.39, 0.29) is 17.2 Å². The Kier molecular flexibility index (Phi) is 7.28. The van der Waals surface area contributed by atoms with Gasteiger partial charge in [0, 0.05) is 25.2 Å². The second-order valence-corrected chi connectivity index (χ2v) is 8.56. The molecule has 1 aromatic rings. The standard InChI is InChI=1S/C18H30N2O5S/c1-13-7-5-8-14(2)20(13)12-15(21)11-19-26(22,23)17-10-6-9-16(24-3)18(17)25-4/h6,9-10,13-15,19,21H,5,7-8,11-12H2,1-4H3/t13-,14+,15-/m0/s1. The Labute approximate surface area is 156 Å². The van der Waals surface area contributed by atoms with Gasteiger partial charge in [0.15, 0.2) is 11.5 Å². The second kappa shape index (κ2) is 9.03. The zero-order valence-electron chi connectivity index (χ0n) is 15.9. The molecule has 0 unspecified atom stereocenters. The molecule has 0 bridgehead atoms. The van der Waals surface area contributed by atoms with Crippen LogP contribution in [0, 0.1) is 0 Å². The highest BCUT2D eigenvalue weighted by molar-refractivity contribution is 7.89. The number of nitrogens with zero attached hydrogens (tertiary/aromatic N) is 1. The number of piperidine rings is 1. The van der Waals surface area contributed by atoms with Crippen molar-refractivity contribution < 1.29 is 23.0 Å². The lowest BCUT2D eigenvalue weighted by molar-refractivity contribution is 0.0438. The number of likely N-dealkylation sites (tertiary alicyclic amines) is 1. The number of hydrogen-bond donors (Lipinski definition) is 2. The maximum Gasteiger partial charge on any atom is 0.244 e. The van der Waals surface area contributed by atoms with E-state index in [1.807, 2.05) is 0 Å². The number of para-hydroxylation sites is 1. The van der Waals surface area contributed by atoms with Crippen LogP contribution in [0.25, 0.3) is 0 Å². The minimum Gasteiger partial charge on any atom is -0.493 e. The lowest BCUT2D eigenvalue weighted by Gasteiger charge is -2.40. The molecule has 1 aromatic carbocycles. The lowest BCUT2D eigenvalue weighted by atomic mass is 9.97. The number of sulfonamides is 1. The maximum atomic E-state index is 12.6. The third kappa shape index (κ3) is 4.88. The van der Waals surface area contributed by atoms with Crippen molar-refractivity contribution in [2.75, 3.05) is 27.3 Å². The number of benzene rings is 1. The topological polar surface area (TPSA) is 88.1 Å². The molecule has 0 amide bonds. The molecular weight excluding hydrogens is 356 g/mol. The molecule has 1 heterocycles. The average Bonchev–Trinajstić information content (AvgIpc) is 2.62. The van der Waals surface area contributed by atoms with Crippen LogP contribution >= 0.6 is 0 Å². The summed E-state index contributed by atoms with van der Waals surface area (Å²) in [6.45, 7) is 4.68. The molecule has 1 saturated heterocycles. The van der Waals surface area contributed by atoms with E-state index < -0.39 is 16.1 Å². The molecule has 1 aliphatic rings. The van der Waals surface area contributed by atoms with Crippen LogP contribution in [-0.4, -0.2) is 63.9 Å². The van der Waals surface area contributed by atoms with Gasteiger partial charge in [0.2, 0.25) is 10.0 Å². The van der Waals surface area contributed by atoms with Crippen molar-refractivity contribution >= 4 is 10.0 Å². The van der Waals surface area contributed by atoms with Gasteiger partial charge in [-0.2, -0.15) is 0 Å². The molecule has 26 heavy (non-hydrogen) atoms. The monoisotopic (exact) mass is 386 g/mol. The van der Waals surface area contributed by atoms with Crippen LogP contribution in [0.5, 0.6) is 11.5 Å². The van der Waals surface area contributed by atoms with Gasteiger partial charge in [-0.05, 0) is 38.8 Å². The first-order valence-electron chi connectivity index (χ1n) is 8.94. The molecule has 2 N–H and O–H groups in total. The summed E-state index contributed by atoms with van der Waals surface area (Å²) < 4.78 is 38.1. The van der Waals surface area contributed by atoms with Gasteiger partial charge in [-0.3, -0.25) is 4.90 Å². The van der Waals surface area contributed by atoms with E-state index >= 15 is 0 Å². The Morgan fingerprint density at radius 2 is 1.88 bits per heavy atom. The Morgan fingerprint density at radius 3 is 2.46 bits per heavy atom. The Bertz CT molecular complexity index is 685. The van der Waals surface area contributed by atoms with Gasteiger partial charge in [0.05, 0.1) is 20.3 Å². The predicted molar refractivity (Wildman–Crippen MR) is 100 cm³/mol. The minimum atomic E-state index is -3.83. The fraction of sp³-hybridized carbons (Fsp3) is 0.667. The Morgan fingerprint density at radius 1 is 1.23 bits per heavy atom. The molecule has 0 aromatic heterocycles. The fourth-order valence-corrected chi connectivity index (χ4v) is 4.75. The van der Waals surface area contributed by atoms with E-state index in [0.717, 1.165) is 12.8 Å². The molecular formula is C18H30N2O5S. The minimum absolute atomic E-state index is 0.00809. The summed E-state index contributed by atoms with van der Waals surface area (Å²) >= 11 is 0. The molecule has 0 radical (unpaired) electrons. The summed E-state index contributed by atoms with van der Waals surface area (Å²) in [5, 5.41) is 10.3. The van der Waals surface area contributed by atoms with Gasteiger partial charge in [-0.1, -0.05) is 12.5 Å². The number of aliphatic hydroxyl groups is 1. The summed E-state index contributed by atoms with van der Waals surface area (Å²) in [4.78, 5) is 2.24. The lowest BCUT2D eigenvalue weighted by Crippen LogP contribution is -2.49. The average molecular weight is 387 g/mol. The third-order valence-electron chi connectivity index (χ3n) is 4.96. The van der Waals surface area contributed by atoms with Crippen LogP contribution in [-0.2, 0) is 10.0 Å². The van der Waals surface area contributed by atoms with E-state index in [1.165, 1.54) is 26.7 Å². The largest absolute Gasteiger partial charge is 0.493 e. The number of methoxy groups -OCH3 is 2. The first-order chi connectivity index (χ1) is 12.3. The molecule has 1 aliphatic heterocycles. The number of rotatable bonds is 8. The van der Waals surface area contributed by atoms with Crippen molar-refractivity contribution in [3.05, 3.63) is 18.2 Å². The van der Waals surface area contributed by atoms with Gasteiger partial charge in [-0.25, -0.2) is 13.1 Å². The highest BCUT2D eigenvalue weighted by Gasteiger charge is 2.28.